The minimum atomic E-state index is 0.373. The zero-order chi connectivity index (χ0) is 17.2. The fourth-order valence-corrected chi connectivity index (χ4v) is 4.31. The maximum Gasteiger partial charge on any atom is 0.0517 e. The van der Waals surface area contributed by atoms with E-state index in [4.69, 9.17) is 0 Å². The summed E-state index contributed by atoms with van der Waals surface area (Å²) in [6.07, 6.45) is 1.09. The van der Waals surface area contributed by atoms with Crippen LogP contribution in [0, 0.1) is 0 Å². The first-order valence-electron chi connectivity index (χ1n) is 9.22. The van der Waals surface area contributed by atoms with Gasteiger partial charge in [-0.25, -0.2) is 0 Å². The maximum atomic E-state index is 2.61. The summed E-state index contributed by atoms with van der Waals surface area (Å²) >= 11 is 0. The third-order valence-corrected chi connectivity index (χ3v) is 5.63. The number of rotatable bonds is 4. The van der Waals surface area contributed by atoms with Crippen LogP contribution in [0.15, 0.2) is 84.9 Å². The Morgan fingerprint density at radius 1 is 0.800 bits per heavy atom. The van der Waals surface area contributed by atoms with Crippen molar-refractivity contribution in [3.8, 4) is 0 Å². The highest BCUT2D eigenvalue weighted by Gasteiger charge is 2.37. The van der Waals surface area contributed by atoms with E-state index in [2.05, 4.69) is 104 Å². The smallest absolute Gasteiger partial charge is 0.0517 e. The Labute approximate surface area is 150 Å². The van der Waals surface area contributed by atoms with Crippen LogP contribution in [-0.4, -0.2) is 6.04 Å². The third-order valence-electron chi connectivity index (χ3n) is 5.63. The lowest BCUT2D eigenvalue weighted by atomic mass is 9.89. The summed E-state index contributed by atoms with van der Waals surface area (Å²) in [5, 5.41) is 0. The molecule has 1 aliphatic heterocycles. The SMILES string of the molecule is CC(c1ccccc1)N1c2ccccc2C(Cc2ccccc2)C1C. The van der Waals surface area contributed by atoms with E-state index in [0.29, 0.717) is 18.0 Å². The molecule has 0 fully saturated rings. The van der Waals surface area contributed by atoms with Gasteiger partial charge in [0.1, 0.15) is 0 Å². The minimum Gasteiger partial charge on any atom is -0.361 e. The standard InChI is InChI=1S/C24H25N/c1-18(21-13-7-4-8-14-21)25-19(2)23(17-20-11-5-3-6-12-20)22-15-9-10-16-24(22)25/h3-16,18-19,23H,17H2,1-2H3. The monoisotopic (exact) mass is 327 g/mol. The predicted octanol–water partition coefficient (Wildman–Crippen LogP) is 5.98. The second kappa shape index (κ2) is 6.76. The molecule has 25 heavy (non-hydrogen) atoms. The second-order valence-corrected chi connectivity index (χ2v) is 7.09. The average Bonchev–Trinajstić information content (AvgIpc) is 2.95. The Hall–Kier alpha value is -2.54. The van der Waals surface area contributed by atoms with Gasteiger partial charge in [-0.05, 0) is 43.0 Å². The van der Waals surface area contributed by atoms with Crippen molar-refractivity contribution in [2.45, 2.75) is 38.3 Å². The van der Waals surface area contributed by atoms with Crippen LogP contribution in [0.25, 0.3) is 0 Å². The number of anilines is 1. The third kappa shape index (κ3) is 2.95. The molecule has 0 N–H and O–H groups in total. The molecule has 0 saturated carbocycles. The topological polar surface area (TPSA) is 3.24 Å². The van der Waals surface area contributed by atoms with Crippen molar-refractivity contribution in [1.82, 2.24) is 0 Å². The first-order valence-corrected chi connectivity index (χ1v) is 9.22. The molecule has 1 nitrogen and oxygen atoms in total. The summed E-state index contributed by atoms with van der Waals surface area (Å²) in [6, 6.07) is 31.5. The summed E-state index contributed by atoms with van der Waals surface area (Å²) in [7, 11) is 0. The van der Waals surface area contributed by atoms with E-state index < -0.39 is 0 Å². The van der Waals surface area contributed by atoms with Gasteiger partial charge in [0, 0.05) is 17.6 Å². The molecular weight excluding hydrogens is 302 g/mol. The first-order chi connectivity index (χ1) is 12.3. The number of para-hydroxylation sites is 1. The number of nitrogens with zero attached hydrogens (tertiary/aromatic N) is 1. The van der Waals surface area contributed by atoms with Crippen LogP contribution >= 0.6 is 0 Å². The molecule has 4 rings (SSSR count). The molecule has 126 valence electrons. The van der Waals surface area contributed by atoms with Gasteiger partial charge >= 0.3 is 0 Å². The van der Waals surface area contributed by atoms with Gasteiger partial charge in [0.25, 0.3) is 0 Å². The van der Waals surface area contributed by atoms with Gasteiger partial charge in [0.15, 0.2) is 0 Å². The van der Waals surface area contributed by atoms with Crippen molar-refractivity contribution in [2.24, 2.45) is 0 Å². The zero-order valence-corrected chi connectivity index (χ0v) is 15.0. The van der Waals surface area contributed by atoms with Crippen LogP contribution in [0.5, 0.6) is 0 Å². The summed E-state index contributed by atoms with van der Waals surface area (Å²) in [4.78, 5) is 2.61. The molecule has 0 aliphatic carbocycles. The fraction of sp³-hybridized carbons (Fsp3) is 0.250. The zero-order valence-electron chi connectivity index (χ0n) is 15.0. The van der Waals surface area contributed by atoms with Gasteiger partial charge in [-0.1, -0.05) is 78.9 Å². The normalized spacial score (nSPS) is 20.3. The largest absolute Gasteiger partial charge is 0.361 e. The number of fused-ring (bicyclic) bond motifs is 1. The Kier molecular flexibility index (Phi) is 4.31. The van der Waals surface area contributed by atoms with Crippen LogP contribution in [0.3, 0.4) is 0 Å². The van der Waals surface area contributed by atoms with Gasteiger partial charge in [0.05, 0.1) is 6.04 Å². The maximum absolute atomic E-state index is 2.61. The molecule has 3 aromatic rings. The molecule has 1 aliphatic rings. The highest BCUT2D eigenvalue weighted by atomic mass is 15.2. The molecular formula is C24H25N. The van der Waals surface area contributed by atoms with Gasteiger partial charge in [-0.15, -0.1) is 0 Å². The molecule has 0 amide bonds. The first kappa shape index (κ1) is 16.0. The van der Waals surface area contributed by atoms with E-state index in [1.54, 1.807) is 0 Å². The van der Waals surface area contributed by atoms with Gasteiger partial charge in [0.2, 0.25) is 0 Å². The van der Waals surface area contributed by atoms with E-state index in [-0.39, 0.29) is 0 Å². The Morgan fingerprint density at radius 2 is 1.40 bits per heavy atom. The van der Waals surface area contributed by atoms with E-state index >= 15 is 0 Å². The lowest BCUT2D eigenvalue weighted by molar-refractivity contribution is 0.517. The van der Waals surface area contributed by atoms with E-state index in [9.17, 15) is 0 Å². The Bertz CT molecular complexity index is 825. The molecule has 0 saturated heterocycles. The van der Waals surface area contributed by atoms with Crippen molar-refractivity contribution < 1.29 is 0 Å². The summed E-state index contributed by atoms with van der Waals surface area (Å²) in [5.41, 5.74) is 5.68. The van der Waals surface area contributed by atoms with Gasteiger partial charge in [-0.3, -0.25) is 0 Å². The molecule has 1 heterocycles. The van der Waals surface area contributed by atoms with Crippen molar-refractivity contribution in [1.29, 1.82) is 0 Å². The lowest BCUT2D eigenvalue weighted by Crippen LogP contribution is -2.34. The molecule has 3 atom stereocenters. The predicted molar refractivity (Wildman–Crippen MR) is 106 cm³/mol. The van der Waals surface area contributed by atoms with E-state index in [1.165, 1.54) is 22.4 Å². The average molecular weight is 327 g/mol. The summed E-state index contributed by atoms with van der Waals surface area (Å²) in [6.45, 7) is 4.71. The molecule has 3 aromatic carbocycles. The van der Waals surface area contributed by atoms with Gasteiger partial charge in [-0.2, -0.15) is 0 Å². The molecule has 0 aromatic heterocycles. The Balaban J connectivity index is 1.70. The van der Waals surface area contributed by atoms with Crippen molar-refractivity contribution in [2.75, 3.05) is 4.90 Å². The quantitative estimate of drug-likeness (QED) is 0.569. The number of hydrogen-bond acceptors (Lipinski definition) is 1. The second-order valence-electron chi connectivity index (χ2n) is 7.09. The Morgan fingerprint density at radius 3 is 2.12 bits per heavy atom. The van der Waals surface area contributed by atoms with Crippen molar-refractivity contribution >= 4 is 5.69 Å². The number of benzene rings is 3. The van der Waals surface area contributed by atoms with Crippen LogP contribution < -0.4 is 4.90 Å². The van der Waals surface area contributed by atoms with Crippen LogP contribution in [0.2, 0.25) is 0 Å². The van der Waals surface area contributed by atoms with Crippen LogP contribution in [0.4, 0.5) is 5.69 Å². The summed E-state index contributed by atoms with van der Waals surface area (Å²) < 4.78 is 0. The molecule has 1 heteroatoms. The van der Waals surface area contributed by atoms with Crippen molar-refractivity contribution in [3.63, 3.8) is 0 Å². The van der Waals surface area contributed by atoms with Gasteiger partial charge < -0.3 is 4.90 Å². The summed E-state index contributed by atoms with van der Waals surface area (Å²) in [5.74, 6) is 0.532. The molecule has 0 radical (unpaired) electrons. The number of hydrogen-bond donors (Lipinski definition) is 0. The highest BCUT2D eigenvalue weighted by Crippen LogP contribution is 2.46. The molecule has 0 spiro atoms. The molecule has 3 unspecified atom stereocenters. The minimum absolute atomic E-state index is 0.373. The van der Waals surface area contributed by atoms with E-state index in [0.717, 1.165) is 6.42 Å². The fourth-order valence-electron chi connectivity index (χ4n) is 4.31. The highest BCUT2D eigenvalue weighted by molar-refractivity contribution is 5.63. The van der Waals surface area contributed by atoms with Crippen LogP contribution in [0.1, 0.15) is 42.5 Å². The van der Waals surface area contributed by atoms with E-state index in [1.807, 2.05) is 0 Å². The van der Waals surface area contributed by atoms with Crippen LogP contribution in [-0.2, 0) is 6.42 Å². The molecule has 0 bridgehead atoms. The lowest BCUT2D eigenvalue weighted by Gasteiger charge is -2.34. The van der Waals surface area contributed by atoms with Crippen molar-refractivity contribution in [3.05, 3.63) is 102 Å².